The number of amides is 2. The van der Waals surface area contributed by atoms with E-state index in [2.05, 4.69) is 10.6 Å². The second-order valence-electron chi connectivity index (χ2n) is 5.72. The number of carbonyl (C=O) groups is 2. The summed E-state index contributed by atoms with van der Waals surface area (Å²) in [4.78, 5) is 23.7. The number of urea groups is 1. The molecule has 0 saturated carbocycles. The standard InChI is InChI=1S/C19H19F3N2O3/c1-2-3-11-27-17(25)13-7-9-15(10-8-13)23-18(26)24-16-6-4-5-14(12-16)19(20,21)22/h4-10,12H,2-3,11H2,1H3,(H2,23,24,26). The predicted molar refractivity (Wildman–Crippen MR) is 95.7 cm³/mol. The van der Waals surface area contributed by atoms with E-state index in [4.69, 9.17) is 4.74 Å². The SMILES string of the molecule is CCCCOC(=O)c1ccc(NC(=O)Nc2cccc(C(F)(F)F)c2)cc1. The molecule has 0 aliphatic carbocycles. The Hall–Kier alpha value is -3.03. The van der Waals surface area contributed by atoms with E-state index in [0.29, 0.717) is 17.9 Å². The van der Waals surface area contributed by atoms with Crippen molar-refractivity contribution >= 4 is 23.4 Å². The molecule has 0 aromatic heterocycles. The number of hydrogen-bond acceptors (Lipinski definition) is 3. The van der Waals surface area contributed by atoms with E-state index in [1.807, 2.05) is 6.92 Å². The minimum atomic E-state index is -4.49. The van der Waals surface area contributed by atoms with Crippen LogP contribution in [-0.4, -0.2) is 18.6 Å². The highest BCUT2D eigenvalue weighted by molar-refractivity contribution is 6.00. The minimum Gasteiger partial charge on any atom is -0.462 e. The van der Waals surface area contributed by atoms with Gasteiger partial charge in [-0.2, -0.15) is 13.2 Å². The lowest BCUT2D eigenvalue weighted by Gasteiger charge is -2.11. The molecular formula is C19H19F3N2O3. The Kier molecular flexibility index (Phi) is 6.81. The molecule has 0 heterocycles. The maximum atomic E-state index is 12.7. The highest BCUT2D eigenvalue weighted by Crippen LogP contribution is 2.30. The quantitative estimate of drug-likeness (QED) is 0.527. The summed E-state index contributed by atoms with van der Waals surface area (Å²) in [5.41, 5.74) is -0.121. The number of esters is 1. The Morgan fingerprint density at radius 2 is 1.67 bits per heavy atom. The average Bonchev–Trinajstić information content (AvgIpc) is 2.62. The fourth-order valence-electron chi connectivity index (χ4n) is 2.15. The molecule has 0 saturated heterocycles. The second-order valence-corrected chi connectivity index (χ2v) is 5.72. The summed E-state index contributed by atoms with van der Waals surface area (Å²) in [6, 6.07) is 9.61. The zero-order valence-electron chi connectivity index (χ0n) is 14.6. The van der Waals surface area contributed by atoms with Gasteiger partial charge in [0.1, 0.15) is 0 Å². The van der Waals surface area contributed by atoms with Crippen molar-refractivity contribution in [2.45, 2.75) is 25.9 Å². The first-order valence-corrected chi connectivity index (χ1v) is 8.32. The molecule has 0 spiro atoms. The van der Waals surface area contributed by atoms with Crippen LogP contribution in [0.1, 0.15) is 35.7 Å². The van der Waals surface area contributed by atoms with Gasteiger partial charge >= 0.3 is 18.2 Å². The molecule has 8 heteroatoms. The molecule has 2 aromatic carbocycles. The van der Waals surface area contributed by atoms with Gasteiger partial charge in [-0.3, -0.25) is 0 Å². The van der Waals surface area contributed by atoms with Crippen LogP contribution in [0.3, 0.4) is 0 Å². The molecule has 2 aromatic rings. The molecule has 0 fully saturated rings. The summed E-state index contributed by atoms with van der Waals surface area (Å²) >= 11 is 0. The molecule has 0 aliphatic rings. The monoisotopic (exact) mass is 380 g/mol. The van der Waals surface area contributed by atoms with Crippen molar-refractivity contribution in [3.8, 4) is 0 Å². The highest BCUT2D eigenvalue weighted by atomic mass is 19.4. The molecule has 144 valence electrons. The third-order valence-corrected chi connectivity index (χ3v) is 3.56. The van der Waals surface area contributed by atoms with Crippen molar-refractivity contribution in [2.75, 3.05) is 17.2 Å². The van der Waals surface area contributed by atoms with Gasteiger partial charge in [0.05, 0.1) is 17.7 Å². The highest BCUT2D eigenvalue weighted by Gasteiger charge is 2.30. The topological polar surface area (TPSA) is 67.4 Å². The number of carbonyl (C=O) groups excluding carboxylic acids is 2. The molecule has 0 bridgehead atoms. The Balaban J connectivity index is 1.93. The van der Waals surface area contributed by atoms with Crippen molar-refractivity contribution in [3.05, 3.63) is 59.7 Å². The number of rotatable bonds is 6. The maximum absolute atomic E-state index is 12.7. The Morgan fingerprint density at radius 1 is 1.00 bits per heavy atom. The van der Waals surface area contributed by atoms with Gasteiger partial charge in [0.25, 0.3) is 0 Å². The Bertz CT molecular complexity index is 790. The lowest BCUT2D eigenvalue weighted by molar-refractivity contribution is -0.137. The molecule has 2 rings (SSSR count). The van der Waals surface area contributed by atoms with Crippen LogP contribution in [0.4, 0.5) is 29.3 Å². The lowest BCUT2D eigenvalue weighted by atomic mass is 10.2. The Labute approximate surface area is 154 Å². The van der Waals surface area contributed by atoms with E-state index < -0.39 is 23.7 Å². The molecule has 0 radical (unpaired) electrons. The van der Waals surface area contributed by atoms with Gasteiger partial charge in [0.15, 0.2) is 0 Å². The van der Waals surface area contributed by atoms with Gasteiger partial charge in [-0.25, -0.2) is 9.59 Å². The Morgan fingerprint density at radius 3 is 2.30 bits per heavy atom. The summed E-state index contributed by atoms with van der Waals surface area (Å²) in [5, 5.41) is 4.82. The zero-order chi connectivity index (χ0) is 19.9. The van der Waals surface area contributed by atoms with E-state index in [0.717, 1.165) is 25.0 Å². The van der Waals surface area contributed by atoms with E-state index in [1.54, 1.807) is 0 Å². The molecule has 0 aliphatic heterocycles. The van der Waals surface area contributed by atoms with Crippen LogP contribution in [0.2, 0.25) is 0 Å². The van der Waals surface area contributed by atoms with Gasteiger partial charge in [-0.1, -0.05) is 19.4 Å². The summed E-state index contributed by atoms with van der Waals surface area (Å²) in [7, 11) is 0. The first kappa shape index (κ1) is 20.3. The van der Waals surface area contributed by atoms with Crippen LogP contribution in [0, 0.1) is 0 Å². The molecular weight excluding hydrogens is 361 g/mol. The fourth-order valence-corrected chi connectivity index (χ4v) is 2.15. The van der Waals surface area contributed by atoms with E-state index >= 15 is 0 Å². The van der Waals surface area contributed by atoms with Crippen molar-refractivity contribution < 1.29 is 27.5 Å². The van der Waals surface area contributed by atoms with Gasteiger partial charge in [0, 0.05) is 11.4 Å². The van der Waals surface area contributed by atoms with E-state index in [1.165, 1.54) is 36.4 Å². The van der Waals surface area contributed by atoms with E-state index in [9.17, 15) is 22.8 Å². The number of benzene rings is 2. The largest absolute Gasteiger partial charge is 0.462 e. The van der Waals surface area contributed by atoms with Crippen LogP contribution in [0.15, 0.2) is 48.5 Å². The first-order valence-electron chi connectivity index (χ1n) is 8.32. The average molecular weight is 380 g/mol. The summed E-state index contributed by atoms with van der Waals surface area (Å²) in [6.45, 7) is 2.33. The van der Waals surface area contributed by atoms with Crippen molar-refractivity contribution in [3.63, 3.8) is 0 Å². The molecule has 0 unspecified atom stereocenters. The normalized spacial score (nSPS) is 11.0. The smallest absolute Gasteiger partial charge is 0.416 e. The molecule has 2 amide bonds. The number of ether oxygens (including phenoxy) is 1. The zero-order valence-corrected chi connectivity index (χ0v) is 14.6. The van der Waals surface area contributed by atoms with E-state index in [-0.39, 0.29) is 5.69 Å². The van der Waals surface area contributed by atoms with Crippen LogP contribution in [0.5, 0.6) is 0 Å². The number of hydrogen-bond donors (Lipinski definition) is 2. The van der Waals surface area contributed by atoms with Crippen LogP contribution in [-0.2, 0) is 10.9 Å². The van der Waals surface area contributed by atoms with Crippen LogP contribution in [0.25, 0.3) is 0 Å². The third-order valence-electron chi connectivity index (χ3n) is 3.56. The maximum Gasteiger partial charge on any atom is 0.416 e. The van der Waals surface area contributed by atoms with Crippen molar-refractivity contribution in [1.29, 1.82) is 0 Å². The number of halogens is 3. The van der Waals surface area contributed by atoms with Crippen molar-refractivity contribution in [2.24, 2.45) is 0 Å². The molecule has 27 heavy (non-hydrogen) atoms. The van der Waals surface area contributed by atoms with Crippen molar-refractivity contribution in [1.82, 2.24) is 0 Å². The number of unbranched alkanes of at least 4 members (excludes halogenated alkanes) is 1. The number of nitrogens with one attached hydrogen (secondary N) is 2. The molecule has 2 N–H and O–H groups in total. The van der Waals surface area contributed by atoms with Crippen LogP contribution >= 0.6 is 0 Å². The molecule has 5 nitrogen and oxygen atoms in total. The fraction of sp³-hybridized carbons (Fsp3) is 0.263. The lowest BCUT2D eigenvalue weighted by Crippen LogP contribution is -2.20. The molecule has 0 atom stereocenters. The summed E-state index contributed by atoms with van der Waals surface area (Å²) < 4.78 is 43.1. The second kappa shape index (κ2) is 9.07. The number of alkyl halides is 3. The van der Waals surface area contributed by atoms with Gasteiger partial charge < -0.3 is 15.4 Å². The van der Waals surface area contributed by atoms with Crippen LogP contribution < -0.4 is 10.6 Å². The summed E-state index contributed by atoms with van der Waals surface area (Å²) in [6.07, 6.45) is -2.80. The number of anilines is 2. The van der Waals surface area contributed by atoms with Gasteiger partial charge in [0.2, 0.25) is 0 Å². The minimum absolute atomic E-state index is 0.0125. The third kappa shape index (κ3) is 6.32. The van der Waals surface area contributed by atoms with Gasteiger partial charge in [-0.05, 0) is 48.9 Å². The summed E-state index contributed by atoms with van der Waals surface area (Å²) in [5.74, 6) is -0.455. The first-order chi connectivity index (χ1) is 12.8. The van der Waals surface area contributed by atoms with Gasteiger partial charge in [-0.15, -0.1) is 0 Å². The predicted octanol–water partition coefficient (Wildman–Crippen LogP) is 5.31.